The molecule has 4 rings (SSSR count). The van der Waals surface area contributed by atoms with Crippen molar-refractivity contribution in [2.75, 3.05) is 5.43 Å². The molecule has 1 N–H and O–H groups in total. The zero-order valence-electron chi connectivity index (χ0n) is 15.3. The van der Waals surface area contributed by atoms with Crippen LogP contribution in [-0.2, 0) is 0 Å². The van der Waals surface area contributed by atoms with Gasteiger partial charge >= 0.3 is 0 Å². The van der Waals surface area contributed by atoms with Crippen molar-refractivity contribution < 1.29 is 0 Å². The van der Waals surface area contributed by atoms with Crippen LogP contribution in [0.5, 0.6) is 0 Å². The Balaban J connectivity index is 1.45. The van der Waals surface area contributed by atoms with Gasteiger partial charge in [0, 0.05) is 16.0 Å². The number of thiazole rings is 1. The minimum absolute atomic E-state index is 0.718. The van der Waals surface area contributed by atoms with Gasteiger partial charge in [0.05, 0.1) is 11.4 Å². The second kappa shape index (κ2) is 8.38. The number of halogens is 1. The third-order valence-corrected chi connectivity index (χ3v) is 5.37. The zero-order valence-corrected chi connectivity index (χ0v) is 16.8. The molecule has 0 saturated heterocycles. The summed E-state index contributed by atoms with van der Waals surface area (Å²) in [5, 5.41) is 7.96. The van der Waals surface area contributed by atoms with E-state index >= 15 is 0 Å². The lowest BCUT2D eigenvalue weighted by molar-refractivity contribution is 1.27. The highest BCUT2D eigenvalue weighted by Crippen LogP contribution is 2.26. The number of hydrogen-bond donors (Lipinski definition) is 1. The van der Waals surface area contributed by atoms with Crippen LogP contribution in [0.15, 0.2) is 89.3 Å². The number of hydrogen-bond acceptors (Lipinski definition) is 4. The molecule has 0 spiro atoms. The van der Waals surface area contributed by atoms with Gasteiger partial charge in [-0.3, -0.25) is 5.43 Å². The van der Waals surface area contributed by atoms with Gasteiger partial charge in [-0.25, -0.2) is 4.98 Å². The number of aromatic nitrogens is 1. The lowest BCUT2D eigenvalue weighted by atomic mass is 10.0. The van der Waals surface area contributed by atoms with Gasteiger partial charge in [-0.1, -0.05) is 78.3 Å². The third-order valence-electron chi connectivity index (χ3n) is 4.37. The van der Waals surface area contributed by atoms with Crippen LogP contribution in [0.2, 0.25) is 5.02 Å². The Hall–Kier alpha value is -2.95. The molecule has 4 aromatic rings. The topological polar surface area (TPSA) is 37.3 Å². The lowest BCUT2D eigenvalue weighted by Crippen LogP contribution is -1.99. The van der Waals surface area contributed by atoms with Gasteiger partial charge in [0.15, 0.2) is 0 Å². The van der Waals surface area contributed by atoms with Crippen LogP contribution in [0, 0.1) is 0 Å². The average molecular weight is 404 g/mol. The van der Waals surface area contributed by atoms with Gasteiger partial charge in [-0.2, -0.15) is 5.10 Å². The van der Waals surface area contributed by atoms with Crippen molar-refractivity contribution >= 4 is 33.8 Å². The first-order valence-corrected chi connectivity index (χ1v) is 10.1. The molecule has 3 nitrogen and oxygen atoms in total. The summed E-state index contributed by atoms with van der Waals surface area (Å²) in [4.78, 5) is 4.59. The second-order valence-electron chi connectivity index (χ2n) is 6.30. The summed E-state index contributed by atoms with van der Waals surface area (Å²) in [6, 6.07) is 26.4. The van der Waals surface area contributed by atoms with E-state index in [1.807, 2.05) is 54.8 Å². The molecule has 0 radical (unpaired) electrons. The molecule has 0 saturated carbocycles. The predicted molar refractivity (Wildman–Crippen MR) is 120 cm³/mol. The van der Waals surface area contributed by atoms with E-state index in [9.17, 15) is 0 Å². The first-order chi connectivity index (χ1) is 13.7. The summed E-state index contributed by atoms with van der Waals surface area (Å²) in [7, 11) is 0. The van der Waals surface area contributed by atoms with Crippen LogP contribution < -0.4 is 5.43 Å². The van der Waals surface area contributed by atoms with E-state index in [1.165, 1.54) is 22.5 Å². The van der Waals surface area contributed by atoms with Crippen LogP contribution in [0.1, 0.15) is 12.5 Å². The summed E-state index contributed by atoms with van der Waals surface area (Å²) in [5.74, 6) is 0. The zero-order chi connectivity index (χ0) is 19.3. The Morgan fingerprint density at radius 2 is 1.50 bits per heavy atom. The highest BCUT2D eigenvalue weighted by atomic mass is 35.5. The van der Waals surface area contributed by atoms with E-state index in [0.717, 1.165) is 32.7 Å². The Labute approximate surface area is 173 Å². The minimum Gasteiger partial charge on any atom is -0.252 e. The van der Waals surface area contributed by atoms with Crippen molar-refractivity contribution in [3.63, 3.8) is 0 Å². The lowest BCUT2D eigenvalue weighted by Gasteiger charge is -2.05. The number of rotatable bonds is 5. The van der Waals surface area contributed by atoms with E-state index < -0.39 is 0 Å². The Kier molecular flexibility index (Phi) is 5.51. The predicted octanol–water partition coefficient (Wildman–Crippen LogP) is 6.97. The molecule has 0 bridgehead atoms. The maximum atomic E-state index is 5.94. The van der Waals surface area contributed by atoms with E-state index in [1.54, 1.807) is 0 Å². The highest BCUT2D eigenvalue weighted by Gasteiger charge is 2.05. The van der Waals surface area contributed by atoms with Gasteiger partial charge in [0.25, 0.3) is 0 Å². The summed E-state index contributed by atoms with van der Waals surface area (Å²) in [5.41, 5.74) is 9.38. The van der Waals surface area contributed by atoms with Crippen LogP contribution in [0.4, 0.5) is 5.13 Å². The SMILES string of the molecule is C/C(=N\Nc1nc(-c2ccc(Cl)cc2)cs1)c1ccc(-c2ccccc2)cc1. The number of anilines is 1. The molecule has 0 fully saturated rings. The van der Waals surface area contributed by atoms with Gasteiger partial charge in [0.2, 0.25) is 5.13 Å². The Morgan fingerprint density at radius 1 is 0.857 bits per heavy atom. The van der Waals surface area contributed by atoms with Crippen molar-refractivity contribution in [1.29, 1.82) is 0 Å². The molecule has 0 aliphatic heterocycles. The van der Waals surface area contributed by atoms with Crippen LogP contribution >= 0.6 is 22.9 Å². The largest absolute Gasteiger partial charge is 0.252 e. The first-order valence-electron chi connectivity index (χ1n) is 8.87. The standard InChI is InChI=1S/C23H18ClN3S/c1-16(17-7-9-19(10-8-17)18-5-3-2-4-6-18)26-27-23-25-22(15-28-23)20-11-13-21(24)14-12-20/h2-15H,1H3,(H,25,27)/b26-16+. The molecule has 5 heteroatoms. The minimum atomic E-state index is 0.718. The molecule has 28 heavy (non-hydrogen) atoms. The molecular formula is C23H18ClN3S. The van der Waals surface area contributed by atoms with Crippen molar-refractivity contribution in [3.8, 4) is 22.4 Å². The number of nitrogens with zero attached hydrogens (tertiary/aromatic N) is 2. The van der Waals surface area contributed by atoms with E-state index in [4.69, 9.17) is 11.6 Å². The summed E-state index contributed by atoms with van der Waals surface area (Å²) in [6.45, 7) is 1.98. The van der Waals surface area contributed by atoms with Gasteiger partial charge < -0.3 is 0 Å². The van der Waals surface area contributed by atoms with Crippen molar-refractivity contribution in [2.24, 2.45) is 5.10 Å². The molecule has 0 aliphatic rings. The fourth-order valence-corrected chi connectivity index (χ4v) is 3.60. The van der Waals surface area contributed by atoms with Gasteiger partial charge in [-0.05, 0) is 35.7 Å². The quantitative estimate of drug-likeness (QED) is 0.288. The van der Waals surface area contributed by atoms with E-state index in [0.29, 0.717) is 0 Å². The normalized spacial score (nSPS) is 11.4. The van der Waals surface area contributed by atoms with Crippen LogP contribution in [0.3, 0.4) is 0 Å². The summed E-state index contributed by atoms with van der Waals surface area (Å²) >= 11 is 7.47. The smallest absolute Gasteiger partial charge is 0.203 e. The summed E-state index contributed by atoms with van der Waals surface area (Å²) < 4.78 is 0. The van der Waals surface area contributed by atoms with Crippen molar-refractivity contribution in [1.82, 2.24) is 4.98 Å². The number of nitrogens with one attached hydrogen (secondary N) is 1. The molecule has 0 amide bonds. The van der Waals surface area contributed by atoms with Gasteiger partial charge in [0.1, 0.15) is 0 Å². The van der Waals surface area contributed by atoms with Crippen LogP contribution in [-0.4, -0.2) is 10.7 Å². The fraction of sp³-hybridized carbons (Fsp3) is 0.0435. The number of hydrazone groups is 1. The Bertz CT molecular complexity index is 1080. The molecule has 1 heterocycles. The van der Waals surface area contributed by atoms with Crippen LogP contribution in [0.25, 0.3) is 22.4 Å². The molecule has 0 aliphatic carbocycles. The second-order valence-corrected chi connectivity index (χ2v) is 7.59. The monoisotopic (exact) mass is 403 g/mol. The molecule has 0 atom stereocenters. The van der Waals surface area contributed by atoms with Crippen molar-refractivity contribution in [2.45, 2.75) is 6.92 Å². The molecule has 138 valence electrons. The van der Waals surface area contributed by atoms with Gasteiger partial charge in [-0.15, -0.1) is 11.3 Å². The molecule has 3 aromatic carbocycles. The molecule has 1 aromatic heterocycles. The average Bonchev–Trinajstić information content (AvgIpc) is 3.22. The molecular weight excluding hydrogens is 386 g/mol. The maximum absolute atomic E-state index is 5.94. The van der Waals surface area contributed by atoms with E-state index in [-0.39, 0.29) is 0 Å². The highest BCUT2D eigenvalue weighted by molar-refractivity contribution is 7.14. The first kappa shape index (κ1) is 18.4. The third kappa shape index (κ3) is 4.30. The fourth-order valence-electron chi connectivity index (χ4n) is 2.81. The van der Waals surface area contributed by atoms with Crippen molar-refractivity contribution in [3.05, 3.63) is 94.8 Å². The molecule has 0 unspecified atom stereocenters. The maximum Gasteiger partial charge on any atom is 0.203 e. The number of benzene rings is 3. The Morgan fingerprint density at radius 3 is 2.21 bits per heavy atom. The van der Waals surface area contributed by atoms with E-state index in [2.05, 4.69) is 51.9 Å². The summed E-state index contributed by atoms with van der Waals surface area (Å²) in [6.07, 6.45) is 0.